The number of amides is 1. The van der Waals surface area contributed by atoms with Crippen LogP contribution in [0.2, 0.25) is 5.02 Å². The van der Waals surface area contributed by atoms with Crippen molar-refractivity contribution in [1.29, 1.82) is 0 Å². The standard InChI is InChI=1S/C15H13Cl2NO/c16-9-11-4-3-5-12(8-11)10-18-15(19)13-6-1-2-7-14(13)17/h1-8H,9-10H2,(H,18,19). The van der Waals surface area contributed by atoms with E-state index in [4.69, 9.17) is 23.2 Å². The summed E-state index contributed by atoms with van der Waals surface area (Å²) < 4.78 is 0. The first kappa shape index (κ1) is 13.9. The fourth-order valence-electron chi connectivity index (χ4n) is 1.75. The van der Waals surface area contributed by atoms with Gasteiger partial charge < -0.3 is 5.32 Å². The highest BCUT2D eigenvalue weighted by Crippen LogP contribution is 2.15. The van der Waals surface area contributed by atoms with Gasteiger partial charge in [0.25, 0.3) is 5.91 Å². The largest absolute Gasteiger partial charge is 0.348 e. The van der Waals surface area contributed by atoms with Crippen LogP contribution in [0.4, 0.5) is 0 Å². The number of carbonyl (C=O) groups is 1. The van der Waals surface area contributed by atoms with Crippen LogP contribution in [-0.2, 0) is 12.4 Å². The molecule has 2 aromatic rings. The minimum absolute atomic E-state index is 0.179. The molecule has 0 unspecified atom stereocenters. The van der Waals surface area contributed by atoms with Gasteiger partial charge in [-0.25, -0.2) is 0 Å². The summed E-state index contributed by atoms with van der Waals surface area (Å²) in [6.45, 7) is 0.453. The molecule has 0 radical (unpaired) electrons. The molecule has 0 atom stereocenters. The van der Waals surface area contributed by atoms with Gasteiger partial charge in [0.2, 0.25) is 0 Å². The lowest BCUT2D eigenvalue weighted by Gasteiger charge is -2.07. The summed E-state index contributed by atoms with van der Waals surface area (Å²) in [5.74, 6) is 0.286. The molecule has 0 aliphatic carbocycles. The molecule has 0 aromatic heterocycles. The Balaban J connectivity index is 2.02. The van der Waals surface area contributed by atoms with Gasteiger partial charge in [-0.3, -0.25) is 4.79 Å². The molecule has 0 bridgehead atoms. The van der Waals surface area contributed by atoms with Crippen molar-refractivity contribution in [3.05, 3.63) is 70.2 Å². The van der Waals surface area contributed by atoms with E-state index in [9.17, 15) is 4.79 Å². The van der Waals surface area contributed by atoms with Gasteiger partial charge in [-0.1, -0.05) is 48.0 Å². The molecule has 0 fully saturated rings. The average molecular weight is 294 g/mol. The Morgan fingerprint density at radius 1 is 1.05 bits per heavy atom. The summed E-state index contributed by atoms with van der Waals surface area (Å²) in [6.07, 6.45) is 0. The normalized spacial score (nSPS) is 10.2. The topological polar surface area (TPSA) is 29.1 Å². The number of hydrogen-bond acceptors (Lipinski definition) is 1. The molecule has 2 aromatic carbocycles. The summed E-state index contributed by atoms with van der Waals surface area (Å²) in [6, 6.07) is 14.8. The first-order valence-corrected chi connectivity index (χ1v) is 6.78. The molecule has 1 amide bonds. The fraction of sp³-hybridized carbons (Fsp3) is 0.133. The third kappa shape index (κ3) is 3.72. The Kier molecular flexibility index (Phi) is 4.83. The molecule has 0 saturated carbocycles. The van der Waals surface area contributed by atoms with Crippen LogP contribution in [0.15, 0.2) is 48.5 Å². The zero-order chi connectivity index (χ0) is 13.7. The first-order valence-electron chi connectivity index (χ1n) is 5.87. The molecule has 0 heterocycles. The van der Waals surface area contributed by atoms with E-state index in [1.807, 2.05) is 24.3 Å². The van der Waals surface area contributed by atoms with Crippen molar-refractivity contribution in [3.8, 4) is 0 Å². The van der Waals surface area contributed by atoms with Crippen LogP contribution >= 0.6 is 23.2 Å². The summed E-state index contributed by atoms with van der Waals surface area (Å²) in [5.41, 5.74) is 2.53. The molecule has 2 nitrogen and oxygen atoms in total. The van der Waals surface area contributed by atoms with Crippen LogP contribution in [0.25, 0.3) is 0 Å². The van der Waals surface area contributed by atoms with Gasteiger partial charge in [-0.15, -0.1) is 11.6 Å². The van der Waals surface area contributed by atoms with Crippen molar-refractivity contribution in [2.75, 3.05) is 0 Å². The second-order valence-corrected chi connectivity index (χ2v) is 4.79. The zero-order valence-corrected chi connectivity index (χ0v) is 11.7. The SMILES string of the molecule is O=C(NCc1cccc(CCl)c1)c1ccccc1Cl. The molecule has 1 N–H and O–H groups in total. The number of rotatable bonds is 4. The summed E-state index contributed by atoms with van der Waals surface area (Å²) in [5, 5.41) is 3.29. The second-order valence-electron chi connectivity index (χ2n) is 4.12. The quantitative estimate of drug-likeness (QED) is 0.848. The van der Waals surface area contributed by atoms with E-state index in [1.54, 1.807) is 24.3 Å². The van der Waals surface area contributed by atoms with E-state index in [2.05, 4.69) is 5.32 Å². The molecule has 0 saturated heterocycles. The third-order valence-corrected chi connectivity index (χ3v) is 3.36. The van der Waals surface area contributed by atoms with Gasteiger partial charge in [-0.2, -0.15) is 0 Å². The van der Waals surface area contributed by atoms with Crippen molar-refractivity contribution in [3.63, 3.8) is 0 Å². The van der Waals surface area contributed by atoms with E-state index in [0.717, 1.165) is 11.1 Å². The fourth-order valence-corrected chi connectivity index (χ4v) is 2.13. The summed E-state index contributed by atoms with van der Waals surface area (Å²) in [7, 11) is 0. The smallest absolute Gasteiger partial charge is 0.253 e. The van der Waals surface area contributed by atoms with E-state index in [0.29, 0.717) is 23.0 Å². The van der Waals surface area contributed by atoms with Crippen molar-refractivity contribution in [2.24, 2.45) is 0 Å². The Bertz CT molecular complexity index is 584. The highest BCUT2D eigenvalue weighted by molar-refractivity contribution is 6.33. The van der Waals surface area contributed by atoms with Gasteiger partial charge >= 0.3 is 0 Å². The number of hydrogen-bond donors (Lipinski definition) is 1. The highest BCUT2D eigenvalue weighted by Gasteiger charge is 2.08. The number of alkyl halides is 1. The van der Waals surface area contributed by atoms with E-state index >= 15 is 0 Å². The van der Waals surface area contributed by atoms with Crippen LogP contribution in [0.5, 0.6) is 0 Å². The van der Waals surface area contributed by atoms with Crippen molar-refractivity contribution >= 4 is 29.1 Å². The number of halogens is 2. The maximum absolute atomic E-state index is 12.0. The van der Waals surface area contributed by atoms with Gasteiger partial charge in [0.15, 0.2) is 0 Å². The minimum atomic E-state index is -0.179. The monoisotopic (exact) mass is 293 g/mol. The van der Waals surface area contributed by atoms with E-state index in [-0.39, 0.29) is 5.91 Å². The Morgan fingerprint density at radius 2 is 1.79 bits per heavy atom. The van der Waals surface area contributed by atoms with Crippen molar-refractivity contribution in [1.82, 2.24) is 5.32 Å². The molecular formula is C15H13Cl2NO. The van der Waals surface area contributed by atoms with Gasteiger partial charge in [0, 0.05) is 12.4 Å². The van der Waals surface area contributed by atoms with E-state index in [1.165, 1.54) is 0 Å². The van der Waals surface area contributed by atoms with Crippen molar-refractivity contribution in [2.45, 2.75) is 12.4 Å². The van der Waals surface area contributed by atoms with Gasteiger partial charge in [0.05, 0.1) is 10.6 Å². The zero-order valence-electron chi connectivity index (χ0n) is 10.2. The lowest BCUT2D eigenvalue weighted by Crippen LogP contribution is -2.23. The lowest BCUT2D eigenvalue weighted by atomic mass is 10.1. The maximum Gasteiger partial charge on any atom is 0.253 e. The van der Waals surface area contributed by atoms with Crippen LogP contribution < -0.4 is 5.32 Å². The Hall–Kier alpha value is -1.51. The lowest BCUT2D eigenvalue weighted by molar-refractivity contribution is 0.0951. The van der Waals surface area contributed by atoms with Gasteiger partial charge in [-0.05, 0) is 23.3 Å². The number of carbonyl (C=O) groups excluding carboxylic acids is 1. The van der Waals surface area contributed by atoms with Crippen LogP contribution in [0.1, 0.15) is 21.5 Å². The molecule has 4 heteroatoms. The molecular weight excluding hydrogens is 281 g/mol. The molecule has 2 rings (SSSR count). The first-order chi connectivity index (χ1) is 9.20. The Labute approximate surface area is 122 Å². The molecule has 19 heavy (non-hydrogen) atoms. The maximum atomic E-state index is 12.0. The van der Waals surface area contributed by atoms with Crippen molar-refractivity contribution < 1.29 is 4.79 Å². The summed E-state index contributed by atoms with van der Waals surface area (Å²) >= 11 is 11.7. The third-order valence-electron chi connectivity index (χ3n) is 2.72. The Morgan fingerprint density at radius 3 is 2.53 bits per heavy atom. The number of nitrogens with one attached hydrogen (secondary N) is 1. The molecule has 0 aliphatic heterocycles. The molecule has 0 aliphatic rings. The van der Waals surface area contributed by atoms with E-state index < -0.39 is 0 Å². The molecule has 98 valence electrons. The molecule has 0 spiro atoms. The predicted molar refractivity (Wildman–Crippen MR) is 78.6 cm³/mol. The predicted octanol–water partition coefficient (Wildman–Crippen LogP) is 4.01. The van der Waals surface area contributed by atoms with Crippen LogP contribution in [0, 0.1) is 0 Å². The van der Waals surface area contributed by atoms with Gasteiger partial charge in [0.1, 0.15) is 0 Å². The highest BCUT2D eigenvalue weighted by atomic mass is 35.5. The van der Waals surface area contributed by atoms with Crippen LogP contribution in [0.3, 0.4) is 0 Å². The minimum Gasteiger partial charge on any atom is -0.348 e. The second kappa shape index (κ2) is 6.60. The average Bonchev–Trinajstić information content (AvgIpc) is 2.45. The van der Waals surface area contributed by atoms with Crippen LogP contribution in [-0.4, -0.2) is 5.91 Å². The number of benzene rings is 2. The summed E-state index contributed by atoms with van der Waals surface area (Å²) in [4.78, 5) is 12.0.